The van der Waals surface area contributed by atoms with E-state index in [-0.39, 0.29) is 0 Å². The molecule has 0 amide bonds. The molecule has 0 aromatic heterocycles. The van der Waals surface area contributed by atoms with E-state index in [1.807, 2.05) is 58.0 Å². The number of benzene rings is 2. The van der Waals surface area contributed by atoms with Gasteiger partial charge in [-0.25, -0.2) is 0 Å². The number of rotatable bonds is 0. The lowest BCUT2D eigenvalue weighted by atomic mass is 10.1. The van der Waals surface area contributed by atoms with E-state index in [0.29, 0.717) is 11.5 Å². The van der Waals surface area contributed by atoms with Gasteiger partial charge in [-0.3, -0.25) is 0 Å². The van der Waals surface area contributed by atoms with Gasteiger partial charge in [0.2, 0.25) is 0 Å². The molecule has 0 spiro atoms. The molecule has 18 heavy (non-hydrogen) atoms. The zero-order valence-electron chi connectivity index (χ0n) is 11.4. The van der Waals surface area contributed by atoms with E-state index in [2.05, 4.69) is 0 Å². The highest BCUT2D eigenvalue weighted by Gasteiger charge is 2.00. The molecule has 0 heterocycles. The summed E-state index contributed by atoms with van der Waals surface area (Å²) in [7, 11) is 0. The summed E-state index contributed by atoms with van der Waals surface area (Å²) >= 11 is 0. The number of para-hydroxylation sites is 1. The van der Waals surface area contributed by atoms with Gasteiger partial charge in [-0.2, -0.15) is 0 Å². The topological polar surface area (TPSA) is 40.5 Å². The molecule has 96 valence electrons. The molecule has 0 unspecified atom stereocenters. The second-order valence-corrected chi connectivity index (χ2v) is 4.46. The minimum Gasteiger partial charge on any atom is -0.508 e. The third kappa shape index (κ3) is 3.52. The Morgan fingerprint density at radius 1 is 0.667 bits per heavy atom. The third-order valence-corrected chi connectivity index (χ3v) is 3.02. The van der Waals surface area contributed by atoms with Gasteiger partial charge in [0.25, 0.3) is 0 Å². The average Bonchev–Trinajstić information content (AvgIpc) is 2.36. The number of hydrogen-bond donors (Lipinski definition) is 2. The van der Waals surface area contributed by atoms with E-state index in [0.717, 1.165) is 22.3 Å². The van der Waals surface area contributed by atoms with E-state index in [4.69, 9.17) is 5.11 Å². The predicted octanol–water partition coefficient (Wildman–Crippen LogP) is 4.02. The molecule has 0 saturated carbocycles. The quantitative estimate of drug-likeness (QED) is 0.735. The van der Waals surface area contributed by atoms with Crippen LogP contribution in [0.15, 0.2) is 36.4 Å². The van der Waals surface area contributed by atoms with Crippen LogP contribution in [0.3, 0.4) is 0 Å². The standard InChI is InChI=1S/C9H12O.C7H8O/c1-6-4-5-7(2)9(10)8(6)3;1-6-4-2-3-5-7(6)8/h4-5,10H,1-3H3;2-5,8H,1H3. The second kappa shape index (κ2) is 6.10. The smallest absolute Gasteiger partial charge is 0.121 e. The summed E-state index contributed by atoms with van der Waals surface area (Å²) in [6, 6.07) is 11.2. The van der Waals surface area contributed by atoms with Crippen molar-refractivity contribution in [2.75, 3.05) is 0 Å². The molecule has 2 heteroatoms. The maximum Gasteiger partial charge on any atom is 0.121 e. The molecule has 2 rings (SSSR count). The van der Waals surface area contributed by atoms with Crippen LogP contribution in [-0.2, 0) is 0 Å². The molecule has 2 aromatic carbocycles. The predicted molar refractivity (Wildman–Crippen MR) is 75.2 cm³/mol. The van der Waals surface area contributed by atoms with Gasteiger partial charge in [-0.1, -0.05) is 30.3 Å². The van der Waals surface area contributed by atoms with Crippen LogP contribution in [-0.4, -0.2) is 10.2 Å². The maximum absolute atomic E-state index is 9.39. The van der Waals surface area contributed by atoms with Crippen molar-refractivity contribution >= 4 is 0 Å². The molecular weight excluding hydrogens is 224 g/mol. The first-order valence-electron chi connectivity index (χ1n) is 5.94. The summed E-state index contributed by atoms with van der Waals surface area (Å²) in [6.07, 6.45) is 0. The Morgan fingerprint density at radius 3 is 1.67 bits per heavy atom. The number of aromatic hydroxyl groups is 2. The second-order valence-electron chi connectivity index (χ2n) is 4.46. The monoisotopic (exact) mass is 244 g/mol. The minimum absolute atomic E-state index is 0.368. The van der Waals surface area contributed by atoms with Gasteiger partial charge in [-0.05, 0) is 56.0 Å². The first-order chi connectivity index (χ1) is 8.43. The van der Waals surface area contributed by atoms with Crippen molar-refractivity contribution < 1.29 is 10.2 Å². The molecule has 0 fully saturated rings. The molecule has 0 atom stereocenters. The van der Waals surface area contributed by atoms with Crippen LogP contribution in [0.4, 0.5) is 0 Å². The molecule has 2 aromatic rings. The molecule has 0 bridgehead atoms. The molecular formula is C16H20O2. The maximum atomic E-state index is 9.39. The minimum atomic E-state index is 0.368. The highest BCUT2D eigenvalue weighted by molar-refractivity contribution is 5.43. The zero-order valence-corrected chi connectivity index (χ0v) is 11.4. The lowest BCUT2D eigenvalue weighted by Gasteiger charge is -2.04. The van der Waals surface area contributed by atoms with Gasteiger partial charge in [0, 0.05) is 0 Å². The first-order valence-corrected chi connectivity index (χ1v) is 5.94. The van der Waals surface area contributed by atoms with Gasteiger partial charge in [0.05, 0.1) is 0 Å². The van der Waals surface area contributed by atoms with Crippen LogP contribution in [0, 0.1) is 27.7 Å². The average molecular weight is 244 g/mol. The van der Waals surface area contributed by atoms with E-state index in [9.17, 15) is 5.11 Å². The third-order valence-electron chi connectivity index (χ3n) is 3.02. The Balaban J connectivity index is 0.000000184. The van der Waals surface area contributed by atoms with Crippen molar-refractivity contribution in [1.82, 2.24) is 0 Å². The number of aryl methyl sites for hydroxylation is 3. The Bertz CT molecular complexity index is 483. The summed E-state index contributed by atoms with van der Waals surface area (Å²) in [5.41, 5.74) is 4.00. The van der Waals surface area contributed by atoms with Crippen molar-refractivity contribution in [3.63, 3.8) is 0 Å². The lowest BCUT2D eigenvalue weighted by molar-refractivity contribution is 0.466. The van der Waals surface area contributed by atoms with E-state index in [1.165, 1.54) is 0 Å². The Kier molecular flexibility index (Phi) is 4.78. The van der Waals surface area contributed by atoms with Crippen molar-refractivity contribution in [2.45, 2.75) is 27.7 Å². The molecule has 0 saturated heterocycles. The highest BCUT2D eigenvalue weighted by atomic mass is 16.3. The van der Waals surface area contributed by atoms with Crippen LogP contribution in [0.5, 0.6) is 11.5 Å². The molecule has 2 N–H and O–H groups in total. The summed E-state index contributed by atoms with van der Waals surface area (Å²) in [5.74, 6) is 0.799. The van der Waals surface area contributed by atoms with E-state index >= 15 is 0 Å². The summed E-state index contributed by atoms with van der Waals surface area (Å²) in [5, 5.41) is 18.3. The number of phenols is 2. The number of hydrogen-bond acceptors (Lipinski definition) is 2. The van der Waals surface area contributed by atoms with Crippen LogP contribution in [0.25, 0.3) is 0 Å². The first kappa shape index (κ1) is 14.1. The lowest BCUT2D eigenvalue weighted by Crippen LogP contribution is -1.83. The van der Waals surface area contributed by atoms with Gasteiger partial charge in [0.1, 0.15) is 11.5 Å². The van der Waals surface area contributed by atoms with Crippen molar-refractivity contribution in [3.8, 4) is 11.5 Å². The van der Waals surface area contributed by atoms with Crippen LogP contribution in [0.2, 0.25) is 0 Å². The van der Waals surface area contributed by atoms with E-state index < -0.39 is 0 Å². The molecule has 0 aliphatic heterocycles. The fraction of sp³-hybridized carbons (Fsp3) is 0.250. The van der Waals surface area contributed by atoms with E-state index in [1.54, 1.807) is 6.07 Å². The highest BCUT2D eigenvalue weighted by Crippen LogP contribution is 2.23. The number of phenolic OH excluding ortho intramolecular Hbond substituents is 2. The summed E-state index contributed by atoms with van der Waals surface area (Å²) in [4.78, 5) is 0. The van der Waals surface area contributed by atoms with Crippen molar-refractivity contribution in [2.24, 2.45) is 0 Å². The Labute approximate surface area is 109 Å². The molecule has 0 aliphatic rings. The molecule has 2 nitrogen and oxygen atoms in total. The largest absolute Gasteiger partial charge is 0.508 e. The van der Waals surface area contributed by atoms with Gasteiger partial charge in [0.15, 0.2) is 0 Å². The fourth-order valence-corrected chi connectivity index (χ4v) is 1.50. The fourth-order valence-electron chi connectivity index (χ4n) is 1.50. The van der Waals surface area contributed by atoms with Crippen LogP contribution < -0.4 is 0 Å². The van der Waals surface area contributed by atoms with Crippen molar-refractivity contribution in [1.29, 1.82) is 0 Å². The molecule has 0 radical (unpaired) electrons. The summed E-state index contributed by atoms with van der Waals surface area (Å²) in [6.45, 7) is 7.70. The molecule has 0 aliphatic carbocycles. The zero-order chi connectivity index (χ0) is 13.7. The van der Waals surface area contributed by atoms with Crippen LogP contribution >= 0.6 is 0 Å². The van der Waals surface area contributed by atoms with Crippen LogP contribution in [0.1, 0.15) is 22.3 Å². The van der Waals surface area contributed by atoms with Crippen molar-refractivity contribution in [3.05, 3.63) is 58.7 Å². The van der Waals surface area contributed by atoms with Gasteiger partial charge in [-0.15, -0.1) is 0 Å². The SMILES string of the molecule is Cc1ccc(C)c(O)c1C.Cc1ccccc1O. The summed E-state index contributed by atoms with van der Waals surface area (Å²) < 4.78 is 0. The normalized spacial score (nSPS) is 9.56. The Hall–Kier alpha value is -1.96. The van der Waals surface area contributed by atoms with Gasteiger partial charge >= 0.3 is 0 Å². The van der Waals surface area contributed by atoms with Gasteiger partial charge < -0.3 is 10.2 Å². The Morgan fingerprint density at radius 2 is 1.22 bits per heavy atom.